The molecule has 4 N–H and O–H groups in total. The van der Waals surface area contributed by atoms with E-state index in [2.05, 4.69) is 4.72 Å². The molecule has 0 bridgehead atoms. The highest BCUT2D eigenvalue weighted by Gasteiger charge is 2.31. The number of anilines is 1. The highest BCUT2D eigenvalue weighted by atomic mass is 35.5. The van der Waals surface area contributed by atoms with Gasteiger partial charge in [-0.1, -0.05) is 18.0 Å². The number of hydrogen-bond donors (Lipinski definition) is 3. The average Bonchev–Trinajstić information content (AvgIpc) is 2.80. The smallest absolute Gasteiger partial charge is 0.242 e. The van der Waals surface area contributed by atoms with Crippen LogP contribution in [0, 0.1) is 11.7 Å². The second-order valence-corrected chi connectivity index (χ2v) is 7.00. The van der Waals surface area contributed by atoms with E-state index in [0.717, 1.165) is 25.0 Å². The molecule has 1 aliphatic rings. The topological polar surface area (TPSA) is 92.4 Å². The quantitative estimate of drug-likeness (QED) is 0.732. The lowest BCUT2D eigenvalue weighted by Crippen LogP contribution is -2.38. The molecule has 0 aliphatic heterocycles. The Balaban J connectivity index is 2.29. The molecular formula is C12H16ClFN2O3S. The van der Waals surface area contributed by atoms with Crippen molar-refractivity contribution in [3.05, 3.63) is 23.0 Å². The van der Waals surface area contributed by atoms with Crippen LogP contribution in [0.2, 0.25) is 5.02 Å². The van der Waals surface area contributed by atoms with Crippen LogP contribution in [0.15, 0.2) is 17.0 Å². The van der Waals surface area contributed by atoms with Crippen molar-refractivity contribution in [2.45, 2.75) is 30.2 Å². The summed E-state index contributed by atoms with van der Waals surface area (Å²) in [5, 5.41) is 8.99. The van der Waals surface area contributed by atoms with Crippen molar-refractivity contribution in [2.75, 3.05) is 12.3 Å². The van der Waals surface area contributed by atoms with Gasteiger partial charge in [-0.05, 0) is 30.9 Å². The molecule has 0 spiro atoms. The minimum atomic E-state index is -3.90. The van der Waals surface area contributed by atoms with Crippen LogP contribution in [-0.4, -0.2) is 26.2 Å². The minimum Gasteiger partial charge on any atom is -0.396 e. The zero-order valence-electron chi connectivity index (χ0n) is 10.6. The third kappa shape index (κ3) is 3.06. The summed E-state index contributed by atoms with van der Waals surface area (Å²) in [7, 11) is -3.90. The Kier molecular flexibility index (Phi) is 4.53. The van der Waals surface area contributed by atoms with E-state index < -0.39 is 15.8 Å². The summed E-state index contributed by atoms with van der Waals surface area (Å²) in [5.74, 6) is -0.871. The SMILES string of the molecule is Nc1cc(S(=O)(=O)NC2CCCC2CO)c(Cl)cc1F. The van der Waals surface area contributed by atoms with E-state index in [1.807, 2.05) is 0 Å². The Morgan fingerprint density at radius 1 is 1.45 bits per heavy atom. The second kappa shape index (κ2) is 5.85. The van der Waals surface area contributed by atoms with Crippen LogP contribution in [0.3, 0.4) is 0 Å². The third-order valence-corrected chi connectivity index (χ3v) is 5.50. The molecule has 0 aromatic heterocycles. The first kappa shape index (κ1) is 15.5. The van der Waals surface area contributed by atoms with Crippen molar-refractivity contribution in [3.8, 4) is 0 Å². The van der Waals surface area contributed by atoms with Gasteiger partial charge in [-0.15, -0.1) is 0 Å². The predicted octanol–water partition coefficient (Wildman–Crippen LogP) is 1.50. The van der Waals surface area contributed by atoms with Crippen molar-refractivity contribution in [3.63, 3.8) is 0 Å². The van der Waals surface area contributed by atoms with Crippen LogP contribution in [0.4, 0.5) is 10.1 Å². The molecule has 2 unspecified atom stereocenters. The number of hydrogen-bond acceptors (Lipinski definition) is 4. The van der Waals surface area contributed by atoms with Crippen LogP contribution in [-0.2, 0) is 10.0 Å². The first-order chi connectivity index (χ1) is 9.35. The van der Waals surface area contributed by atoms with Crippen molar-refractivity contribution in [2.24, 2.45) is 5.92 Å². The van der Waals surface area contributed by atoms with Gasteiger partial charge in [0.1, 0.15) is 10.7 Å². The van der Waals surface area contributed by atoms with Crippen molar-refractivity contribution in [1.29, 1.82) is 0 Å². The fraction of sp³-hybridized carbons (Fsp3) is 0.500. The molecule has 0 radical (unpaired) electrons. The molecule has 0 heterocycles. The molecule has 20 heavy (non-hydrogen) atoms. The Hall–Kier alpha value is -0.890. The monoisotopic (exact) mass is 322 g/mol. The van der Waals surface area contributed by atoms with Crippen LogP contribution < -0.4 is 10.5 Å². The fourth-order valence-corrected chi connectivity index (χ4v) is 4.31. The average molecular weight is 323 g/mol. The fourth-order valence-electron chi connectivity index (χ4n) is 2.42. The number of nitrogen functional groups attached to an aromatic ring is 1. The van der Waals surface area contributed by atoms with Gasteiger partial charge >= 0.3 is 0 Å². The van der Waals surface area contributed by atoms with E-state index in [9.17, 15) is 17.9 Å². The Labute approximate surface area is 122 Å². The Bertz CT molecular complexity index is 609. The minimum absolute atomic E-state index is 0.0769. The molecule has 0 saturated heterocycles. The van der Waals surface area contributed by atoms with Crippen LogP contribution in [0.25, 0.3) is 0 Å². The van der Waals surface area contributed by atoms with Crippen LogP contribution in [0.5, 0.6) is 0 Å². The van der Waals surface area contributed by atoms with Gasteiger partial charge in [-0.25, -0.2) is 17.5 Å². The molecule has 2 rings (SSSR count). The number of halogens is 2. The maximum atomic E-state index is 13.2. The standard InChI is InChI=1S/C12H16ClFN2O3S/c13-8-4-9(14)10(15)5-12(8)20(18,19)16-11-3-1-2-7(11)6-17/h4-5,7,11,16-17H,1-3,6,15H2. The summed E-state index contributed by atoms with van der Waals surface area (Å²) in [4.78, 5) is -0.248. The van der Waals surface area contributed by atoms with Gasteiger partial charge in [-0.2, -0.15) is 0 Å². The summed E-state index contributed by atoms with van der Waals surface area (Å²) in [5.41, 5.74) is 5.10. The largest absolute Gasteiger partial charge is 0.396 e. The summed E-state index contributed by atoms with van der Waals surface area (Å²) >= 11 is 5.78. The zero-order chi connectivity index (χ0) is 14.9. The van der Waals surface area contributed by atoms with Crippen molar-refractivity contribution in [1.82, 2.24) is 4.72 Å². The first-order valence-corrected chi connectivity index (χ1v) is 8.09. The highest BCUT2D eigenvalue weighted by Crippen LogP contribution is 2.30. The maximum absolute atomic E-state index is 13.2. The first-order valence-electron chi connectivity index (χ1n) is 6.23. The van der Waals surface area contributed by atoms with E-state index >= 15 is 0 Å². The molecule has 2 atom stereocenters. The van der Waals surface area contributed by atoms with Gasteiger partial charge in [0, 0.05) is 12.6 Å². The molecule has 1 aromatic carbocycles. The van der Waals surface area contributed by atoms with Gasteiger partial charge < -0.3 is 10.8 Å². The molecule has 8 heteroatoms. The molecule has 112 valence electrons. The van der Waals surface area contributed by atoms with E-state index in [-0.39, 0.29) is 34.2 Å². The lowest BCUT2D eigenvalue weighted by Gasteiger charge is -2.19. The van der Waals surface area contributed by atoms with Crippen LogP contribution >= 0.6 is 11.6 Å². The van der Waals surface area contributed by atoms with E-state index in [0.29, 0.717) is 6.42 Å². The predicted molar refractivity (Wildman–Crippen MR) is 74.4 cm³/mol. The molecular weight excluding hydrogens is 307 g/mol. The summed E-state index contributed by atoms with van der Waals surface area (Å²) < 4.78 is 40.3. The van der Waals surface area contributed by atoms with Gasteiger partial charge in [0.05, 0.1) is 10.7 Å². The lowest BCUT2D eigenvalue weighted by molar-refractivity contribution is 0.213. The van der Waals surface area contributed by atoms with E-state index in [1.54, 1.807) is 0 Å². The Morgan fingerprint density at radius 2 is 2.15 bits per heavy atom. The van der Waals surface area contributed by atoms with Crippen molar-refractivity contribution < 1.29 is 17.9 Å². The van der Waals surface area contributed by atoms with Crippen LogP contribution in [0.1, 0.15) is 19.3 Å². The number of nitrogens with one attached hydrogen (secondary N) is 1. The summed E-state index contributed by atoms with van der Waals surface area (Å²) in [6.45, 7) is -0.0769. The molecule has 0 amide bonds. The van der Waals surface area contributed by atoms with Gasteiger partial charge in [-0.3, -0.25) is 0 Å². The molecule has 1 saturated carbocycles. The van der Waals surface area contributed by atoms with Gasteiger partial charge in [0.25, 0.3) is 0 Å². The molecule has 1 aromatic rings. The summed E-state index contributed by atoms with van der Waals surface area (Å²) in [6, 6.07) is 1.54. The van der Waals surface area contributed by atoms with E-state index in [1.165, 1.54) is 0 Å². The van der Waals surface area contributed by atoms with E-state index in [4.69, 9.17) is 17.3 Å². The number of aliphatic hydroxyl groups is 1. The Morgan fingerprint density at radius 3 is 2.80 bits per heavy atom. The molecule has 1 fully saturated rings. The molecule has 1 aliphatic carbocycles. The normalized spacial score (nSPS) is 23.1. The second-order valence-electron chi connectivity index (χ2n) is 4.91. The number of rotatable bonds is 4. The van der Waals surface area contributed by atoms with Gasteiger partial charge in [0.15, 0.2) is 0 Å². The van der Waals surface area contributed by atoms with Crippen molar-refractivity contribution >= 4 is 27.3 Å². The summed E-state index contributed by atoms with van der Waals surface area (Å²) in [6.07, 6.45) is 2.26. The number of benzene rings is 1. The highest BCUT2D eigenvalue weighted by molar-refractivity contribution is 7.89. The third-order valence-electron chi connectivity index (χ3n) is 3.54. The lowest BCUT2D eigenvalue weighted by atomic mass is 10.1. The maximum Gasteiger partial charge on any atom is 0.242 e. The van der Waals surface area contributed by atoms with Gasteiger partial charge in [0.2, 0.25) is 10.0 Å². The zero-order valence-corrected chi connectivity index (χ0v) is 12.2. The molecule has 5 nitrogen and oxygen atoms in total. The number of nitrogens with two attached hydrogens (primary N) is 1. The number of aliphatic hydroxyl groups excluding tert-OH is 1. The number of sulfonamides is 1.